The molecule has 6 nitrogen and oxygen atoms in total. The summed E-state index contributed by atoms with van der Waals surface area (Å²) >= 11 is 1.55. The maximum absolute atomic E-state index is 12.7. The number of benzene rings is 1. The summed E-state index contributed by atoms with van der Waals surface area (Å²) in [6, 6.07) is 8.25. The molecule has 1 fully saturated rings. The molecule has 0 aliphatic carbocycles. The number of amides is 2. The number of carbonyl (C=O) groups excluding carboxylic acids is 1. The number of rotatable bonds is 3. The fourth-order valence-corrected chi connectivity index (χ4v) is 4.41. The highest BCUT2D eigenvalue weighted by Crippen LogP contribution is 2.30. The molecule has 4 rings (SSSR count). The summed E-state index contributed by atoms with van der Waals surface area (Å²) in [5, 5.41) is 7.46. The minimum atomic E-state index is -4.44. The monoisotopic (exact) mass is 423 g/mol. The first-order valence-corrected chi connectivity index (χ1v) is 10.2. The van der Waals surface area contributed by atoms with Crippen molar-refractivity contribution in [1.82, 2.24) is 25.0 Å². The molecule has 0 saturated carbocycles. The third-order valence-electron chi connectivity index (χ3n) is 5.05. The Labute approximate surface area is 169 Å². The van der Waals surface area contributed by atoms with Gasteiger partial charge in [-0.05, 0) is 38.0 Å². The largest absolute Gasteiger partial charge is 0.435 e. The molecule has 0 bridgehead atoms. The minimum Gasteiger partial charge on any atom is -0.329 e. The van der Waals surface area contributed by atoms with Crippen LogP contribution in [-0.2, 0) is 6.18 Å². The quantitative estimate of drug-likeness (QED) is 0.669. The van der Waals surface area contributed by atoms with Crippen LogP contribution in [0, 0.1) is 0 Å². The molecule has 29 heavy (non-hydrogen) atoms. The van der Waals surface area contributed by atoms with E-state index in [-0.39, 0.29) is 18.1 Å². The normalized spacial score (nSPS) is 16.9. The Hall–Kier alpha value is -2.62. The number of para-hydroxylation sites is 1. The second-order valence-corrected chi connectivity index (χ2v) is 8.15. The Morgan fingerprint density at radius 3 is 2.62 bits per heavy atom. The van der Waals surface area contributed by atoms with E-state index in [0.717, 1.165) is 21.3 Å². The molecule has 2 amide bonds. The third-order valence-corrected chi connectivity index (χ3v) is 6.26. The molecule has 3 heterocycles. The van der Waals surface area contributed by atoms with Gasteiger partial charge in [0.1, 0.15) is 5.01 Å². The lowest BCUT2D eigenvalue weighted by molar-refractivity contribution is -0.141. The highest BCUT2D eigenvalue weighted by Gasteiger charge is 2.34. The van der Waals surface area contributed by atoms with Gasteiger partial charge in [-0.2, -0.15) is 18.3 Å². The molecular formula is C19H20F3N5OS. The van der Waals surface area contributed by atoms with Crippen LogP contribution < -0.4 is 5.32 Å². The van der Waals surface area contributed by atoms with E-state index >= 15 is 0 Å². The van der Waals surface area contributed by atoms with E-state index in [2.05, 4.69) is 15.4 Å². The maximum Gasteiger partial charge on any atom is 0.435 e. The lowest BCUT2D eigenvalue weighted by atomic mass is 10.1. The Morgan fingerprint density at radius 2 is 1.97 bits per heavy atom. The molecule has 1 aromatic carbocycles. The number of piperidine rings is 1. The molecule has 3 aromatic rings. The number of fused-ring (bicyclic) bond motifs is 1. The zero-order valence-electron chi connectivity index (χ0n) is 15.7. The van der Waals surface area contributed by atoms with Crippen molar-refractivity contribution in [3.8, 4) is 0 Å². The van der Waals surface area contributed by atoms with E-state index in [1.807, 2.05) is 31.2 Å². The van der Waals surface area contributed by atoms with Gasteiger partial charge in [0, 0.05) is 19.3 Å². The number of aromatic nitrogens is 3. The zero-order chi connectivity index (χ0) is 20.6. The van der Waals surface area contributed by atoms with Crippen LogP contribution in [0.5, 0.6) is 0 Å². The number of hydrogen-bond acceptors (Lipinski definition) is 4. The summed E-state index contributed by atoms with van der Waals surface area (Å²) in [4.78, 5) is 18.9. The number of carbonyl (C=O) groups is 1. The Balaban J connectivity index is 1.33. The number of halogens is 3. The van der Waals surface area contributed by atoms with Crippen molar-refractivity contribution in [2.75, 3.05) is 13.1 Å². The first kappa shape index (κ1) is 19.7. The van der Waals surface area contributed by atoms with Gasteiger partial charge in [-0.25, -0.2) is 9.78 Å². The van der Waals surface area contributed by atoms with Crippen LogP contribution in [0.1, 0.15) is 42.6 Å². The highest BCUT2D eigenvalue weighted by atomic mass is 32.1. The number of hydrogen-bond donors (Lipinski definition) is 1. The molecule has 1 atom stereocenters. The minimum absolute atomic E-state index is 0.142. The molecule has 1 unspecified atom stereocenters. The highest BCUT2D eigenvalue weighted by molar-refractivity contribution is 7.18. The standard InChI is InChI=1S/C19H20F3N5OS/c1-12(17-24-14-4-2-3-5-15(14)29-17)23-18(28)26-9-6-13(7-10-26)27-11-8-16(25-27)19(20,21)22/h2-5,8,11-13H,6-7,9-10H2,1H3,(H,23,28). The molecule has 154 valence electrons. The summed E-state index contributed by atoms with van der Waals surface area (Å²) in [7, 11) is 0. The van der Waals surface area contributed by atoms with Gasteiger partial charge in [0.05, 0.1) is 22.3 Å². The van der Waals surface area contributed by atoms with Crippen molar-refractivity contribution >= 4 is 27.6 Å². The smallest absolute Gasteiger partial charge is 0.329 e. The first-order chi connectivity index (χ1) is 13.8. The average Bonchev–Trinajstić information content (AvgIpc) is 3.35. The number of likely N-dealkylation sites (tertiary alicyclic amines) is 1. The van der Waals surface area contributed by atoms with Gasteiger partial charge in [0.2, 0.25) is 0 Å². The third kappa shape index (κ3) is 4.21. The summed E-state index contributed by atoms with van der Waals surface area (Å²) in [5.74, 6) is 0. The van der Waals surface area contributed by atoms with Gasteiger partial charge in [-0.15, -0.1) is 11.3 Å². The number of alkyl halides is 3. The average molecular weight is 423 g/mol. The van der Waals surface area contributed by atoms with E-state index < -0.39 is 11.9 Å². The predicted molar refractivity (Wildman–Crippen MR) is 104 cm³/mol. The van der Waals surface area contributed by atoms with Crippen LogP contribution in [0.3, 0.4) is 0 Å². The lowest BCUT2D eigenvalue weighted by Gasteiger charge is -2.32. The second-order valence-electron chi connectivity index (χ2n) is 7.09. The molecule has 2 aromatic heterocycles. The molecule has 0 radical (unpaired) electrons. The van der Waals surface area contributed by atoms with Gasteiger partial charge in [0.15, 0.2) is 5.69 Å². The van der Waals surface area contributed by atoms with E-state index in [0.29, 0.717) is 25.9 Å². The fraction of sp³-hybridized carbons (Fsp3) is 0.421. The van der Waals surface area contributed by atoms with E-state index in [1.165, 1.54) is 10.9 Å². The first-order valence-electron chi connectivity index (χ1n) is 9.34. The van der Waals surface area contributed by atoms with Gasteiger partial charge in [-0.3, -0.25) is 4.68 Å². The van der Waals surface area contributed by atoms with Crippen molar-refractivity contribution in [3.05, 3.63) is 47.2 Å². The Bertz CT molecular complexity index is 974. The van der Waals surface area contributed by atoms with E-state index in [4.69, 9.17) is 0 Å². The number of urea groups is 1. The Kier molecular flexibility index (Phi) is 5.20. The molecule has 1 saturated heterocycles. The molecule has 1 aliphatic heterocycles. The van der Waals surface area contributed by atoms with Crippen LogP contribution in [-0.4, -0.2) is 38.8 Å². The fourth-order valence-electron chi connectivity index (χ4n) is 3.44. The topological polar surface area (TPSA) is 63.1 Å². The Morgan fingerprint density at radius 1 is 1.24 bits per heavy atom. The van der Waals surface area contributed by atoms with Crippen molar-refractivity contribution in [3.63, 3.8) is 0 Å². The zero-order valence-corrected chi connectivity index (χ0v) is 16.5. The summed E-state index contributed by atoms with van der Waals surface area (Å²) in [5.41, 5.74) is 0.0224. The molecule has 10 heteroatoms. The van der Waals surface area contributed by atoms with Crippen LogP contribution >= 0.6 is 11.3 Å². The number of thiazole rings is 1. The van der Waals surface area contributed by atoms with Crippen LogP contribution in [0.4, 0.5) is 18.0 Å². The van der Waals surface area contributed by atoms with Crippen molar-refractivity contribution < 1.29 is 18.0 Å². The molecule has 1 N–H and O–H groups in total. The van der Waals surface area contributed by atoms with Gasteiger partial charge in [-0.1, -0.05) is 12.1 Å². The number of nitrogens with zero attached hydrogens (tertiary/aromatic N) is 4. The van der Waals surface area contributed by atoms with Crippen LogP contribution in [0.25, 0.3) is 10.2 Å². The van der Waals surface area contributed by atoms with Gasteiger partial charge < -0.3 is 10.2 Å². The van der Waals surface area contributed by atoms with E-state index in [1.54, 1.807) is 16.2 Å². The van der Waals surface area contributed by atoms with Gasteiger partial charge >= 0.3 is 12.2 Å². The predicted octanol–water partition coefficient (Wildman–Crippen LogP) is 4.62. The summed E-state index contributed by atoms with van der Waals surface area (Å²) < 4.78 is 40.6. The summed E-state index contributed by atoms with van der Waals surface area (Å²) in [6.45, 7) is 2.82. The lowest BCUT2D eigenvalue weighted by Crippen LogP contribution is -2.45. The molecular weight excluding hydrogens is 403 g/mol. The number of nitrogens with one attached hydrogen (secondary N) is 1. The second kappa shape index (κ2) is 7.66. The van der Waals surface area contributed by atoms with Crippen molar-refractivity contribution in [2.24, 2.45) is 0 Å². The van der Waals surface area contributed by atoms with Gasteiger partial charge in [0.25, 0.3) is 0 Å². The van der Waals surface area contributed by atoms with Crippen molar-refractivity contribution in [1.29, 1.82) is 0 Å². The molecule has 1 aliphatic rings. The van der Waals surface area contributed by atoms with Crippen LogP contribution in [0.15, 0.2) is 36.5 Å². The maximum atomic E-state index is 12.7. The van der Waals surface area contributed by atoms with Crippen LogP contribution in [0.2, 0.25) is 0 Å². The van der Waals surface area contributed by atoms with Crippen molar-refractivity contribution in [2.45, 2.75) is 38.0 Å². The summed E-state index contributed by atoms with van der Waals surface area (Å²) in [6.07, 6.45) is -1.97. The molecule has 0 spiro atoms. The van der Waals surface area contributed by atoms with E-state index in [9.17, 15) is 18.0 Å². The SMILES string of the molecule is CC(NC(=O)N1CCC(n2ccc(C(F)(F)F)n2)CC1)c1nc2ccccc2s1.